The lowest BCUT2D eigenvalue weighted by atomic mass is 10.1. The Hall–Kier alpha value is -1.43. The van der Waals surface area contributed by atoms with Crippen molar-refractivity contribution in [3.8, 4) is 0 Å². The molecule has 0 bridgehead atoms. The fraction of sp³-hybridized carbons (Fsp3) is 0.727. The lowest BCUT2D eigenvalue weighted by Crippen LogP contribution is -2.39. The molecule has 1 aromatic heterocycles. The summed E-state index contributed by atoms with van der Waals surface area (Å²) in [5.41, 5.74) is 6.07. The van der Waals surface area contributed by atoms with Gasteiger partial charge in [0, 0.05) is 25.0 Å². The third-order valence-electron chi connectivity index (χ3n) is 3.17. The normalized spacial score (nSPS) is 25.0. The number of amides is 1. The first-order valence-electron chi connectivity index (χ1n) is 6.00. The number of likely N-dealkylation sites (tertiary alicyclic amines) is 1. The summed E-state index contributed by atoms with van der Waals surface area (Å²) in [6.45, 7) is 6.73. The summed E-state index contributed by atoms with van der Waals surface area (Å²) >= 11 is 0. The van der Waals surface area contributed by atoms with Crippen molar-refractivity contribution in [1.29, 1.82) is 0 Å². The van der Waals surface area contributed by atoms with Crippen molar-refractivity contribution >= 4 is 5.91 Å². The molecule has 17 heavy (non-hydrogen) atoms. The second-order valence-corrected chi connectivity index (χ2v) is 4.64. The second-order valence-electron chi connectivity index (χ2n) is 4.64. The average Bonchev–Trinajstić information content (AvgIpc) is 2.81. The number of nitrogens with two attached hydrogens (primary N) is 1. The molecule has 0 radical (unpaired) electrons. The number of rotatable bonds is 3. The third-order valence-corrected chi connectivity index (χ3v) is 3.17. The zero-order valence-electron chi connectivity index (χ0n) is 10.5. The van der Waals surface area contributed by atoms with E-state index >= 15 is 0 Å². The molecule has 0 aromatic carbocycles. The van der Waals surface area contributed by atoms with Crippen molar-refractivity contribution in [2.45, 2.75) is 51.9 Å². The van der Waals surface area contributed by atoms with E-state index in [-0.39, 0.29) is 24.0 Å². The minimum absolute atomic E-state index is 0.100. The predicted octanol–water partition coefficient (Wildman–Crippen LogP) is 0.307. The van der Waals surface area contributed by atoms with Crippen LogP contribution in [-0.2, 0) is 11.3 Å². The average molecular weight is 237 g/mol. The molecule has 2 heterocycles. The molecule has 0 saturated carbocycles. The van der Waals surface area contributed by atoms with Crippen molar-refractivity contribution in [2.24, 2.45) is 5.73 Å². The number of aryl methyl sites for hydroxylation is 1. The number of carbonyl (C=O) groups excluding carboxylic acids is 1. The van der Waals surface area contributed by atoms with Crippen molar-refractivity contribution < 1.29 is 4.79 Å². The van der Waals surface area contributed by atoms with E-state index in [1.165, 1.54) is 6.33 Å². The highest BCUT2D eigenvalue weighted by molar-refractivity contribution is 5.80. The Morgan fingerprint density at radius 2 is 2.29 bits per heavy atom. The van der Waals surface area contributed by atoms with E-state index in [1.807, 2.05) is 25.7 Å². The van der Waals surface area contributed by atoms with Crippen LogP contribution < -0.4 is 5.73 Å². The molecule has 1 aliphatic rings. The Kier molecular flexibility index (Phi) is 3.15. The molecular weight excluding hydrogens is 218 g/mol. The molecule has 2 N–H and O–H groups in total. The molecule has 0 unspecified atom stereocenters. The van der Waals surface area contributed by atoms with Gasteiger partial charge in [0.15, 0.2) is 5.82 Å². The van der Waals surface area contributed by atoms with Crippen molar-refractivity contribution in [2.75, 3.05) is 0 Å². The first kappa shape index (κ1) is 12.0. The summed E-state index contributed by atoms with van der Waals surface area (Å²) < 4.78 is 1.80. The molecule has 1 amide bonds. The fourth-order valence-corrected chi connectivity index (χ4v) is 2.45. The van der Waals surface area contributed by atoms with Gasteiger partial charge in [-0.3, -0.25) is 4.79 Å². The second kappa shape index (κ2) is 4.44. The van der Waals surface area contributed by atoms with Crippen LogP contribution in [0.5, 0.6) is 0 Å². The van der Waals surface area contributed by atoms with Crippen molar-refractivity contribution in [3.63, 3.8) is 0 Å². The van der Waals surface area contributed by atoms with Gasteiger partial charge in [0.2, 0.25) is 5.91 Å². The molecule has 1 aliphatic heterocycles. The van der Waals surface area contributed by atoms with Crippen LogP contribution in [0, 0.1) is 0 Å². The Balaban J connectivity index is 2.38. The Morgan fingerprint density at radius 3 is 2.88 bits per heavy atom. The lowest BCUT2D eigenvalue weighted by molar-refractivity contribution is -0.130. The predicted molar refractivity (Wildman–Crippen MR) is 63.0 cm³/mol. The Bertz CT molecular complexity index is 414. The zero-order chi connectivity index (χ0) is 12.6. The smallest absolute Gasteiger partial charge is 0.225 e. The monoisotopic (exact) mass is 237 g/mol. The van der Waals surface area contributed by atoms with Gasteiger partial charge in [-0.1, -0.05) is 0 Å². The van der Waals surface area contributed by atoms with Crippen LogP contribution in [0.25, 0.3) is 0 Å². The Labute approximate surface area is 101 Å². The van der Waals surface area contributed by atoms with Gasteiger partial charge in [-0.05, 0) is 20.8 Å². The van der Waals surface area contributed by atoms with Gasteiger partial charge in [-0.2, -0.15) is 5.10 Å². The van der Waals surface area contributed by atoms with Gasteiger partial charge in [-0.25, -0.2) is 9.67 Å². The molecule has 0 aliphatic carbocycles. The molecular formula is C11H19N5O. The maximum Gasteiger partial charge on any atom is 0.225 e. The number of hydrogen-bond acceptors (Lipinski definition) is 4. The van der Waals surface area contributed by atoms with Crippen LogP contribution in [0.2, 0.25) is 0 Å². The molecule has 6 heteroatoms. The first-order chi connectivity index (χ1) is 8.06. The SMILES string of the molecule is CCn1ncnc1[C@@H]1[C@@H](N)CC(=O)N1C(C)C. The van der Waals surface area contributed by atoms with Crippen LogP contribution >= 0.6 is 0 Å². The summed E-state index contributed by atoms with van der Waals surface area (Å²) in [5, 5.41) is 4.14. The molecule has 0 spiro atoms. The van der Waals surface area contributed by atoms with E-state index < -0.39 is 0 Å². The Morgan fingerprint density at radius 1 is 1.59 bits per heavy atom. The highest BCUT2D eigenvalue weighted by Gasteiger charge is 2.42. The largest absolute Gasteiger partial charge is 0.328 e. The van der Waals surface area contributed by atoms with Crippen LogP contribution in [0.1, 0.15) is 39.1 Å². The highest BCUT2D eigenvalue weighted by atomic mass is 16.2. The van der Waals surface area contributed by atoms with E-state index in [1.54, 1.807) is 4.68 Å². The van der Waals surface area contributed by atoms with E-state index in [0.717, 1.165) is 12.4 Å². The molecule has 94 valence electrons. The molecule has 6 nitrogen and oxygen atoms in total. The summed E-state index contributed by atoms with van der Waals surface area (Å²) in [4.78, 5) is 18.0. The summed E-state index contributed by atoms with van der Waals surface area (Å²) in [6.07, 6.45) is 1.91. The zero-order valence-corrected chi connectivity index (χ0v) is 10.5. The maximum absolute atomic E-state index is 11.9. The molecule has 1 aromatic rings. The lowest BCUT2D eigenvalue weighted by Gasteiger charge is -2.29. The topological polar surface area (TPSA) is 77.0 Å². The number of aromatic nitrogens is 3. The number of nitrogens with zero attached hydrogens (tertiary/aromatic N) is 4. The van der Waals surface area contributed by atoms with Gasteiger partial charge in [-0.15, -0.1) is 0 Å². The van der Waals surface area contributed by atoms with Gasteiger partial charge >= 0.3 is 0 Å². The van der Waals surface area contributed by atoms with Crippen LogP contribution in [-0.4, -0.2) is 37.7 Å². The summed E-state index contributed by atoms with van der Waals surface area (Å²) in [5.74, 6) is 0.891. The maximum atomic E-state index is 11.9. The van der Waals surface area contributed by atoms with Gasteiger partial charge in [0.1, 0.15) is 12.4 Å². The third kappa shape index (κ3) is 1.93. The van der Waals surface area contributed by atoms with Crippen LogP contribution in [0.3, 0.4) is 0 Å². The summed E-state index contributed by atoms with van der Waals surface area (Å²) in [6, 6.07) is -0.215. The van der Waals surface area contributed by atoms with E-state index in [9.17, 15) is 4.79 Å². The summed E-state index contributed by atoms with van der Waals surface area (Å²) in [7, 11) is 0. The molecule has 2 rings (SSSR count). The molecule has 1 saturated heterocycles. The molecule has 1 fully saturated rings. The number of hydrogen-bond donors (Lipinski definition) is 1. The highest BCUT2D eigenvalue weighted by Crippen LogP contribution is 2.32. The fourth-order valence-electron chi connectivity index (χ4n) is 2.45. The van der Waals surface area contributed by atoms with E-state index in [0.29, 0.717) is 6.42 Å². The first-order valence-corrected chi connectivity index (χ1v) is 6.00. The van der Waals surface area contributed by atoms with E-state index in [4.69, 9.17) is 5.73 Å². The van der Waals surface area contributed by atoms with Gasteiger partial charge < -0.3 is 10.6 Å². The van der Waals surface area contributed by atoms with Crippen molar-refractivity contribution in [1.82, 2.24) is 19.7 Å². The van der Waals surface area contributed by atoms with E-state index in [2.05, 4.69) is 10.1 Å². The minimum atomic E-state index is -0.195. The minimum Gasteiger partial charge on any atom is -0.328 e. The van der Waals surface area contributed by atoms with Gasteiger partial charge in [0.05, 0.1) is 0 Å². The number of carbonyl (C=O) groups is 1. The van der Waals surface area contributed by atoms with Crippen LogP contribution in [0.15, 0.2) is 6.33 Å². The van der Waals surface area contributed by atoms with Gasteiger partial charge in [0.25, 0.3) is 0 Å². The molecule has 2 atom stereocenters. The van der Waals surface area contributed by atoms with Crippen LogP contribution in [0.4, 0.5) is 0 Å². The van der Waals surface area contributed by atoms with Crippen molar-refractivity contribution in [3.05, 3.63) is 12.2 Å². The standard InChI is InChI=1S/C11H19N5O/c1-4-15-11(13-6-14-15)10-8(12)5-9(17)16(10)7(2)3/h6-8,10H,4-5,12H2,1-3H3/t8-,10-/m0/s1. The quantitative estimate of drug-likeness (QED) is 0.820.